The van der Waals surface area contributed by atoms with E-state index in [9.17, 15) is 9.59 Å². The largest absolute Gasteiger partial charge is 0.398 e. The van der Waals surface area contributed by atoms with Crippen LogP contribution in [0.2, 0.25) is 0 Å². The van der Waals surface area contributed by atoms with Crippen molar-refractivity contribution in [3.05, 3.63) is 65.2 Å². The Bertz CT molecular complexity index is 890. The van der Waals surface area contributed by atoms with Crippen LogP contribution in [0, 0.1) is 11.8 Å². The first kappa shape index (κ1) is 20.0. The summed E-state index contributed by atoms with van der Waals surface area (Å²) in [6.07, 6.45) is 0. The first-order valence-electron chi connectivity index (χ1n) is 8.22. The van der Waals surface area contributed by atoms with Gasteiger partial charge in [-0.05, 0) is 50.2 Å². The van der Waals surface area contributed by atoms with Crippen molar-refractivity contribution in [2.45, 2.75) is 25.4 Å². The molecular formula is C20H22N4O3. The predicted octanol–water partition coefficient (Wildman–Crippen LogP) is 1.01. The zero-order valence-electron chi connectivity index (χ0n) is 15.1. The summed E-state index contributed by atoms with van der Waals surface area (Å²) in [6, 6.07) is 12.7. The number of carbonyl (C=O) groups excluding carboxylic acids is 2. The van der Waals surface area contributed by atoms with Crippen molar-refractivity contribution >= 4 is 17.5 Å². The molecular weight excluding hydrogens is 344 g/mol. The summed E-state index contributed by atoms with van der Waals surface area (Å²) in [6.45, 7) is 3.14. The summed E-state index contributed by atoms with van der Waals surface area (Å²) in [5, 5.41) is 11.4. The lowest BCUT2D eigenvalue weighted by Gasteiger charge is -2.29. The van der Waals surface area contributed by atoms with Gasteiger partial charge in [0.25, 0.3) is 11.8 Å². The number of hydroxylamine groups is 1. The van der Waals surface area contributed by atoms with Crippen molar-refractivity contribution in [3.8, 4) is 11.8 Å². The molecule has 2 aromatic carbocycles. The first-order chi connectivity index (χ1) is 12.7. The third kappa shape index (κ3) is 5.31. The van der Waals surface area contributed by atoms with Gasteiger partial charge in [-0.2, -0.15) is 0 Å². The summed E-state index contributed by atoms with van der Waals surface area (Å²) < 4.78 is 0. The normalized spacial score (nSPS) is 11.7. The number of nitrogens with one attached hydrogen (secondary N) is 2. The molecule has 0 fully saturated rings. The molecule has 1 atom stereocenters. The topological polar surface area (TPSA) is 130 Å². The Balaban J connectivity index is 2.14. The molecule has 0 radical (unpaired) electrons. The smallest absolute Gasteiger partial charge is 0.267 e. The summed E-state index contributed by atoms with van der Waals surface area (Å²) in [5.41, 5.74) is 14.6. The molecule has 140 valence electrons. The highest BCUT2D eigenvalue weighted by molar-refractivity contribution is 5.97. The highest BCUT2D eigenvalue weighted by atomic mass is 16.5. The van der Waals surface area contributed by atoms with Crippen LogP contribution >= 0.6 is 0 Å². The summed E-state index contributed by atoms with van der Waals surface area (Å²) in [7, 11) is 0. The molecule has 7 heteroatoms. The first-order valence-corrected chi connectivity index (χ1v) is 8.22. The minimum atomic E-state index is -1.10. The minimum Gasteiger partial charge on any atom is -0.398 e. The minimum absolute atomic E-state index is 0.333. The third-order valence-corrected chi connectivity index (χ3v) is 3.84. The van der Waals surface area contributed by atoms with E-state index >= 15 is 0 Å². The van der Waals surface area contributed by atoms with Gasteiger partial charge in [0, 0.05) is 27.9 Å². The standard InChI is InChI=1S/C20H22N4O3/c1-20(2,22)17(19(26)24-27)23-18(25)15-11-8-13(9-12-15)7-10-14-5-3-4-6-16(14)21/h3-6,8-9,11-12,17,27H,21-22H2,1-2H3,(H,23,25)(H,24,26). The van der Waals surface area contributed by atoms with Crippen molar-refractivity contribution in [1.29, 1.82) is 0 Å². The van der Waals surface area contributed by atoms with Crippen LogP contribution in [-0.2, 0) is 4.79 Å². The lowest BCUT2D eigenvalue weighted by molar-refractivity contribution is -0.132. The Morgan fingerprint density at radius 3 is 2.26 bits per heavy atom. The lowest BCUT2D eigenvalue weighted by Crippen LogP contribution is -2.61. The van der Waals surface area contributed by atoms with E-state index in [1.165, 1.54) is 5.48 Å². The highest BCUT2D eigenvalue weighted by Crippen LogP contribution is 2.11. The molecule has 7 N–H and O–H groups in total. The van der Waals surface area contributed by atoms with Crippen LogP contribution in [0.3, 0.4) is 0 Å². The molecule has 0 saturated heterocycles. The van der Waals surface area contributed by atoms with Crippen LogP contribution in [0.25, 0.3) is 0 Å². The number of rotatable bonds is 4. The summed E-state index contributed by atoms with van der Waals surface area (Å²) in [4.78, 5) is 24.1. The van der Waals surface area contributed by atoms with Crippen molar-refractivity contribution < 1.29 is 14.8 Å². The SMILES string of the molecule is CC(C)(N)C(NC(=O)c1ccc(C#Cc2ccccc2N)cc1)C(=O)NO. The van der Waals surface area contributed by atoms with E-state index in [4.69, 9.17) is 16.7 Å². The summed E-state index contributed by atoms with van der Waals surface area (Å²) >= 11 is 0. The monoisotopic (exact) mass is 366 g/mol. The molecule has 7 nitrogen and oxygen atoms in total. The van der Waals surface area contributed by atoms with Crippen molar-refractivity contribution in [1.82, 2.24) is 10.8 Å². The van der Waals surface area contributed by atoms with Gasteiger partial charge >= 0.3 is 0 Å². The molecule has 0 aromatic heterocycles. The van der Waals surface area contributed by atoms with Gasteiger partial charge in [-0.3, -0.25) is 14.8 Å². The van der Waals surface area contributed by atoms with Gasteiger partial charge in [-0.15, -0.1) is 0 Å². The number of anilines is 1. The van der Waals surface area contributed by atoms with E-state index in [2.05, 4.69) is 17.2 Å². The van der Waals surface area contributed by atoms with Crippen molar-refractivity contribution in [2.75, 3.05) is 5.73 Å². The van der Waals surface area contributed by atoms with Gasteiger partial charge in [0.05, 0.1) is 0 Å². The predicted molar refractivity (Wildman–Crippen MR) is 103 cm³/mol. The van der Waals surface area contributed by atoms with Gasteiger partial charge in [0.2, 0.25) is 0 Å². The average Bonchev–Trinajstić information content (AvgIpc) is 2.64. The number of amides is 2. The molecule has 0 bridgehead atoms. The van der Waals surface area contributed by atoms with Gasteiger partial charge in [0.15, 0.2) is 0 Å². The zero-order valence-corrected chi connectivity index (χ0v) is 15.1. The van der Waals surface area contributed by atoms with Crippen molar-refractivity contribution in [2.24, 2.45) is 5.73 Å². The fourth-order valence-corrected chi connectivity index (χ4v) is 2.32. The van der Waals surface area contributed by atoms with Crippen LogP contribution in [0.15, 0.2) is 48.5 Å². The zero-order chi connectivity index (χ0) is 20.0. The highest BCUT2D eigenvalue weighted by Gasteiger charge is 2.33. The fourth-order valence-electron chi connectivity index (χ4n) is 2.32. The van der Waals surface area contributed by atoms with Gasteiger partial charge in [-0.1, -0.05) is 24.0 Å². The quantitative estimate of drug-likeness (QED) is 0.239. The average molecular weight is 366 g/mol. The van der Waals surface area contributed by atoms with Crippen LogP contribution in [0.5, 0.6) is 0 Å². The maximum atomic E-state index is 12.4. The van der Waals surface area contributed by atoms with E-state index in [0.717, 1.165) is 5.56 Å². The Labute approximate surface area is 157 Å². The number of hydrogen-bond donors (Lipinski definition) is 5. The van der Waals surface area contributed by atoms with E-state index < -0.39 is 23.4 Å². The van der Waals surface area contributed by atoms with Gasteiger partial charge in [-0.25, -0.2) is 5.48 Å². The van der Waals surface area contributed by atoms with E-state index in [-0.39, 0.29) is 0 Å². The molecule has 2 amide bonds. The second kappa shape index (κ2) is 8.36. The van der Waals surface area contributed by atoms with Gasteiger partial charge in [0.1, 0.15) is 6.04 Å². The maximum absolute atomic E-state index is 12.4. The Kier molecular flexibility index (Phi) is 6.19. The van der Waals surface area contributed by atoms with Crippen LogP contribution in [0.1, 0.15) is 35.3 Å². The second-order valence-electron chi connectivity index (χ2n) is 6.62. The molecule has 0 aliphatic rings. The van der Waals surface area contributed by atoms with Crippen molar-refractivity contribution in [3.63, 3.8) is 0 Å². The number of carbonyl (C=O) groups is 2. The lowest BCUT2D eigenvalue weighted by atomic mass is 9.95. The van der Waals surface area contributed by atoms with Crippen LogP contribution < -0.4 is 22.3 Å². The van der Waals surface area contributed by atoms with Gasteiger partial charge < -0.3 is 16.8 Å². The molecule has 0 saturated carbocycles. The number of para-hydroxylation sites is 1. The second-order valence-corrected chi connectivity index (χ2v) is 6.62. The van der Waals surface area contributed by atoms with E-state index in [0.29, 0.717) is 16.8 Å². The number of hydrogen-bond acceptors (Lipinski definition) is 5. The van der Waals surface area contributed by atoms with E-state index in [1.807, 2.05) is 18.2 Å². The Morgan fingerprint density at radius 1 is 1.07 bits per heavy atom. The Morgan fingerprint density at radius 2 is 1.70 bits per heavy atom. The number of benzene rings is 2. The van der Waals surface area contributed by atoms with Crippen LogP contribution in [-0.4, -0.2) is 28.6 Å². The molecule has 0 aliphatic heterocycles. The summed E-state index contributed by atoms with van der Waals surface area (Å²) in [5.74, 6) is 4.68. The molecule has 0 heterocycles. The fraction of sp³-hybridized carbons (Fsp3) is 0.200. The number of nitrogens with two attached hydrogens (primary N) is 2. The molecule has 2 aromatic rings. The number of nitrogen functional groups attached to an aromatic ring is 1. The molecule has 2 rings (SSSR count). The molecule has 0 spiro atoms. The Hall–Kier alpha value is -3.34. The van der Waals surface area contributed by atoms with E-state index in [1.54, 1.807) is 44.2 Å². The maximum Gasteiger partial charge on any atom is 0.267 e. The molecule has 27 heavy (non-hydrogen) atoms. The molecule has 1 unspecified atom stereocenters. The third-order valence-electron chi connectivity index (χ3n) is 3.84. The van der Waals surface area contributed by atoms with Crippen LogP contribution in [0.4, 0.5) is 5.69 Å². The molecule has 0 aliphatic carbocycles.